The molecule has 1 N–H and O–H groups in total. The van der Waals surface area contributed by atoms with Crippen molar-refractivity contribution in [3.63, 3.8) is 0 Å². The molecule has 0 aliphatic heterocycles. The smallest absolute Gasteiger partial charge is 0.0921 e. The zero-order valence-corrected chi connectivity index (χ0v) is 15.3. The molecule has 1 aromatic carbocycles. The highest BCUT2D eigenvalue weighted by atomic mass is 35.5. The molecule has 0 aromatic heterocycles. The Labute approximate surface area is 139 Å². The van der Waals surface area contributed by atoms with Crippen LogP contribution in [0.5, 0.6) is 0 Å². The second-order valence-electron chi connectivity index (χ2n) is 8.38. The third-order valence-electron chi connectivity index (χ3n) is 4.54. The highest BCUT2D eigenvalue weighted by molar-refractivity contribution is 6.30. The van der Waals surface area contributed by atoms with E-state index in [0.717, 1.165) is 16.2 Å². The van der Waals surface area contributed by atoms with E-state index < -0.39 is 5.60 Å². The third kappa shape index (κ3) is 3.47. The van der Waals surface area contributed by atoms with Crippen LogP contribution < -0.4 is 0 Å². The lowest BCUT2D eigenvalue weighted by atomic mass is 9.66. The number of benzene rings is 1. The largest absolute Gasteiger partial charge is 0.385 e. The Morgan fingerprint density at radius 2 is 1.73 bits per heavy atom. The molecule has 1 aromatic rings. The molecule has 0 amide bonds. The van der Waals surface area contributed by atoms with E-state index in [1.165, 1.54) is 5.57 Å². The molecule has 0 radical (unpaired) electrons. The molecule has 0 fully saturated rings. The van der Waals surface area contributed by atoms with Crippen LogP contribution in [0.1, 0.15) is 53.5 Å². The molecule has 0 heterocycles. The van der Waals surface area contributed by atoms with Crippen molar-refractivity contribution in [2.45, 2.75) is 53.6 Å². The van der Waals surface area contributed by atoms with E-state index in [4.69, 9.17) is 11.6 Å². The SMILES string of the molecule is CC(C)(C)C1=CC(O)(C(C)(C)C)CC(c2cccc(Cl)c2)=C1. The van der Waals surface area contributed by atoms with Crippen LogP contribution in [0.4, 0.5) is 0 Å². The van der Waals surface area contributed by atoms with Crippen LogP contribution in [-0.4, -0.2) is 10.7 Å². The summed E-state index contributed by atoms with van der Waals surface area (Å²) in [5, 5.41) is 12.0. The summed E-state index contributed by atoms with van der Waals surface area (Å²) in [5.41, 5.74) is 2.30. The quantitative estimate of drug-likeness (QED) is 0.685. The van der Waals surface area contributed by atoms with Crippen molar-refractivity contribution in [2.75, 3.05) is 0 Å². The minimum absolute atomic E-state index is 0.0104. The van der Waals surface area contributed by atoms with Gasteiger partial charge in [0.05, 0.1) is 5.60 Å². The van der Waals surface area contributed by atoms with Crippen LogP contribution in [0.3, 0.4) is 0 Å². The van der Waals surface area contributed by atoms with E-state index in [0.29, 0.717) is 6.42 Å². The minimum Gasteiger partial charge on any atom is -0.385 e. The van der Waals surface area contributed by atoms with Gasteiger partial charge in [0, 0.05) is 11.4 Å². The summed E-state index contributed by atoms with van der Waals surface area (Å²) in [7, 11) is 0. The third-order valence-corrected chi connectivity index (χ3v) is 4.78. The lowest BCUT2D eigenvalue weighted by Gasteiger charge is -2.43. The van der Waals surface area contributed by atoms with Crippen LogP contribution in [-0.2, 0) is 0 Å². The maximum atomic E-state index is 11.3. The molecule has 0 bridgehead atoms. The van der Waals surface area contributed by atoms with Crippen molar-refractivity contribution in [1.82, 2.24) is 0 Å². The van der Waals surface area contributed by atoms with Crippen molar-refractivity contribution in [1.29, 1.82) is 0 Å². The molecule has 0 saturated heterocycles. The highest BCUT2D eigenvalue weighted by Crippen LogP contribution is 2.46. The fourth-order valence-electron chi connectivity index (χ4n) is 2.67. The van der Waals surface area contributed by atoms with Crippen LogP contribution >= 0.6 is 11.6 Å². The Hall–Kier alpha value is -1.05. The first-order chi connectivity index (χ1) is 9.92. The molecule has 1 unspecified atom stereocenters. The van der Waals surface area contributed by atoms with Gasteiger partial charge in [-0.05, 0) is 45.7 Å². The van der Waals surface area contributed by atoms with Crippen molar-refractivity contribution in [3.05, 3.63) is 52.6 Å². The predicted octanol–water partition coefficient (Wildman–Crippen LogP) is 5.88. The fourth-order valence-corrected chi connectivity index (χ4v) is 2.86. The van der Waals surface area contributed by atoms with Crippen LogP contribution in [0, 0.1) is 10.8 Å². The van der Waals surface area contributed by atoms with E-state index in [1.54, 1.807) is 0 Å². The van der Waals surface area contributed by atoms with Gasteiger partial charge in [-0.2, -0.15) is 0 Å². The van der Waals surface area contributed by atoms with Gasteiger partial charge in [-0.15, -0.1) is 0 Å². The summed E-state index contributed by atoms with van der Waals surface area (Å²) >= 11 is 6.15. The van der Waals surface area contributed by atoms with Gasteiger partial charge >= 0.3 is 0 Å². The highest BCUT2D eigenvalue weighted by Gasteiger charge is 2.42. The van der Waals surface area contributed by atoms with Gasteiger partial charge < -0.3 is 5.11 Å². The topological polar surface area (TPSA) is 20.2 Å². The first-order valence-corrected chi connectivity index (χ1v) is 8.22. The van der Waals surface area contributed by atoms with E-state index >= 15 is 0 Å². The zero-order chi connectivity index (χ0) is 16.8. The van der Waals surface area contributed by atoms with E-state index in [1.807, 2.05) is 18.2 Å². The molecule has 2 heteroatoms. The number of aliphatic hydroxyl groups is 1. The van der Waals surface area contributed by atoms with Gasteiger partial charge in [-0.3, -0.25) is 0 Å². The Balaban J connectivity index is 2.57. The van der Waals surface area contributed by atoms with Crippen molar-refractivity contribution < 1.29 is 5.11 Å². The second kappa shape index (κ2) is 5.54. The standard InChI is InChI=1S/C20H27ClO/c1-18(2,3)16-10-15(14-8-7-9-17(21)11-14)12-20(22,13-16)19(4,5)6/h7-11,13,22H,12H2,1-6H3. The Kier molecular flexibility index (Phi) is 4.36. The van der Waals surface area contributed by atoms with Gasteiger partial charge in [0.25, 0.3) is 0 Å². The molecule has 1 nitrogen and oxygen atoms in total. The van der Waals surface area contributed by atoms with Gasteiger partial charge in [0.1, 0.15) is 0 Å². The molecule has 0 spiro atoms. The number of allylic oxidation sites excluding steroid dienone is 2. The summed E-state index contributed by atoms with van der Waals surface area (Å²) in [5.74, 6) is 0. The van der Waals surface area contributed by atoms with Crippen LogP contribution in [0.2, 0.25) is 5.02 Å². The fraction of sp³-hybridized carbons (Fsp3) is 0.500. The first-order valence-electron chi connectivity index (χ1n) is 7.85. The number of rotatable bonds is 1. The van der Waals surface area contributed by atoms with Crippen molar-refractivity contribution in [2.24, 2.45) is 10.8 Å². The molecule has 22 heavy (non-hydrogen) atoms. The summed E-state index contributed by atoms with van der Waals surface area (Å²) in [6.45, 7) is 12.8. The van der Waals surface area contributed by atoms with E-state index in [9.17, 15) is 5.11 Å². The molecule has 2 rings (SSSR count). The summed E-state index contributed by atoms with van der Waals surface area (Å²) < 4.78 is 0. The lowest BCUT2D eigenvalue weighted by Crippen LogP contribution is -2.43. The summed E-state index contributed by atoms with van der Waals surface area (Å²) in [6.07, 6.45) is 4.88. The van der Waals surface area contributed by atoms with Gasteiger partial charge in [-0.25, -0.2) is 0 Å². The van der Waals surface area contributed by atoms with E-state index in [-0.39, 0.29) is 10.8 Å². The normalized spacial score (nSPS) is 23.1. The van der Waals surface area contributed by atoms with Crippen LogP contribution in [0.25, 0.3) is 5.57 Å². The van der Waals surface area contributed by atoms with Gasteiger partial charge in [0.15, 0.2) is 0 Å². The minimum atomic E-state index is -0.859. The Morgan fingerprint density at radius 1 is 1.09 bits per heavy atom. The lowest BCUT2D eigenvalue weighted by molar-refractivity contribution is -0.0112. The molecule has 120 valence electrons. The number of hydrogen-bond acceptors (Lipinski definition) is 1. The predicted molar refractivity (Wildman–Crippen MR) is 96.0 cm³/mol. The van der Waals surface area contributed by atoms with Crippen molar-refractivity contribution in [3.8, 4) is 0 Å². The van der Waals surface area contributed by atoms with Crippen LogP contribution in [0.15, 0.2) is 42.0 Å². The second-order valence-corrected chi connectivity index (χ2v) is 8.82. The molecule has 1 aliphatic rings. The molecule has 1 atom stereocenters. The molecule has 0 saturated carbocycles. The molecular weight excluding hydrogens is 292 g/mol. The zero-order valence-electron chi connectivity index (χ0n) is 14.5. The average Bonchev–Trinajstić information content (AvgIpc) is 2.35. The van der Waals surface area contributed by atoms with Gasteiger partial charge in [-0.1, -0.05) is 71.4 Å². The maximum Gasteiger partial charge on any atom is 0.0921 e. The van der Waals surface area contributed by atoms with Crippen molar-refractivity contribution >= 4 is 17.2 Å². The summed E-state index contributed by atoms with van der Waals surface area (Å²) in [6, 6.07) is 7.88. The molecule has 1 aliphatic carbocycles. The van der Waals surface area contributed by atoms with Gasteiger partial charge in [0.2, 0.25) is 0 Å². The number of hydrogen-bond donors (Lipinski definition) is 1. The Morgan fingerprint density at radius 3 is 2.23 bits per heavy atom. The average molecular weight is 319 g/mol. The Bertz CT molecular complexity index is 626. The summed E-state index contributed by atoms with van der Waals surface area (Å²) in [4.78, 5) is 0. The number of halogens is 1. The maximum absolute atomic E-state index is 11.3. The first kappa shape index (κ1) is 17.3. The van der Waals surface area contributed by atoms with E-state index in [2.05, 4.69) is 59.8 Å². The molecular formula is C20H27ClO. The monoisotopic (exact) mass is 318 g/mol.